The van der Waals surface area contributed by atoms with Gasteiger partial charge in [-0.15, -0.1) is 0 Å². The van der Waals surface area contributed by atoms with Crippen LogP contribution in [-0.2, 0) is 14.3 Å². The minimum absolute atomic E-state index is 0.274. The zero-order chi connectivity index (χ0) is 20.5. The molecule has 2 rings (SSSR count). The Morgan fingerprint density at radius 1 is 1.04 bits per heavy atom. The molecule has 8 heteroatoms. The van der Waals surface area contributed by atoms with Crippen LogP contribution in [0.5, 0.6) is 11.5 Å². The standard InChI is InChI=1S/C20H18BrNO6/c1-26-18-10-13(2-8-17(18)27-12-19(22)24)3-9-20(25)28-11-16(23)14-4-6-15(21)7-5-14/h2-10H,11-12H2,1H3,(H2,22,24). The summed E-state index contributed by atoms with van der Waals surface area (Å²) in [5.41, 5.74) is 6.14. The van der Waals surface area contributed by atoms with E-state index in [2.05, 4.69) is 15.9 Å². The molecule has 2 N–H and O–H groups in total. The summed E-state index contributed by atoms with van der Waals surface area (Å²) < 4.78 is 16.2. The Morgan fingerprint density at radius 2 is 1.75 bits per heavy atom. The van der Waals surface area contributed by atoms with E-state index in [4.69, 9.17) is 19.9 Å². The van der Waals surface area contributed by atoms with Gasteiger partial charge in [-0.3, -0.25) is 9.59 Å². The topological polar surface area (TPSA) is 105 Å². The van der Waals surface area contributed by atoms with Gasteiger partial charge in [0.25, 0.3) is 5.91 Å². The number of ether oxygens (including phenoxy) is 3. The lowest BCUT2D eigenvalue weighted by Crippen LogP contribution is -2.20. The lowest BCUT2D eigenvalue weighted by atomic mass is 10.1. The van der Waals surface area contributed by atoms with Crippen molar-refractivity contribution in [1.29, 1.82) is 0 Å². The molecule has 0 atom stereocenters. The summed E-state index contributed by atoms with van der Waals surface area (Å²) in [4.78, 5) is 34.6. The number of carbonyl (C=O) groups is 3. The van der Waals surface area contributed by atoms with Crippen LogP contribution in [-0.4, -0.2) is 38.0 Å². The van der Waals surface area contributed by atoms with Crippen molar-refractivity contribution in [2.75, 3.05) is 20.3 Å². The highest BCUT2D eigenvalue weighted by Gasteiger charge is 2.09. The molecular formula is C20H18BrNO6. The highest BCUT2D eigenvalue weighted by atomic mass is 79.9. The molecule has 0 aromatic heterocycles. The second-order valence-electron chi connectivity index (χ2n) is 5.54. The third-order valence-corrected chi connectivity index (χ3v) is 4.01. The fourth-order valence-corrected chi connectivity index (χ4v) is 2.39. The van der Waals surface area contributed by atoms with Gasteiger partial charge in [0.2, 0.25) is 0 Å². The summed E-state index contributed by atoms with van der Waals surface area (Å²) in [6, 6.07) is 11.6. The third-order valence-electron chi connectivity index (χ3n) is 3.48. The first-order valence-corrected chi connectivity index (χ1v) is 8.91. The zero-order valence-electron chi connectivity index (χ0n) is 15.0. The van der Waals surface area contributed by atoms with Crippen molar-refractivity contribution in [3.63, 3.8) is 0 Å². The molecule has 0 aliphatic carbocycles. The number of carbonyl (C=O) groups excluding carboxylic acids is 3. The first kappa shape index (κ1) is 21.2. The number of Topliss-reactive ketones (excluding diaryl/α,β-unsaturated/α-hetero) is 1. The zero-order valence-corrected chi connectivity index (χ0v) is 16.6. The molecule has 0 aliphatic rings. The molecule has 2 aromatic carbocycles. The van der Waals surface area contributed by atoms with Crippen LogP contribution in [0.1, 0.15) is 15.9 Å². The molecular weight excluding hydrogens is 430 g/mol. The minimum atomic E-state index is -0.654. The van der Waals surface area contributed by atoms with Crippen molar-refractivity contribution in [3.05, 3.63) is 64.1 Å². The van der Waals surface area contributed by atoms with E-state index in [1.165, 1.54) is 19.3 Å². The van der Waals surface area contributed by atoms with Crippen molar-refractivity contribution >= 4 is 39.7 Å². The second-order valence-corrected chi connectivity index (χ2v) is 6.45. The number of hydrogen-bond acceptors (Lipinski definition) is 6. The Balaban J connectivity index is 1.93. The normalized spacial score (nSPS) is 10.5. The molecule has 0 saturated heterocycles. The number of rotatable bonds is 9. The Morgan fingerprint density at radius 3 is 2.39 bits per heavy atom. The lowest BCUT2D eigenvalue weighted by Gasteiger charge is -2.09. The second kappa shape index (κ2) is 10.3. The average Bonchev–Trinajstić information content (AvgIpc) is 2.69. The molecule has 0 unspecified atom stereocenters. The molecule has 0 heterocycles. The van der Waals surface area contributed by atoms with Crippen molar-refractivity contribution in [2.24, 2.45) is 5.73 Å². The molecule has 2 aromatic rings. The van der Waals surface area contributed by atoms with Crippen molar-refractivity contribution < 1.29 is 28.6 Å². The maximum atomic E-state index is 12.0. The molecule has 0 bridgehead atoms. The van der Waals surface area contributed by atoms with Crippen LogP contribution in [0.3, 0.4) is 0 Å². The summed E-state index contributed by atoms with van der Waals surface area (Å²) in [7, 11) is 1.45. The Hall–Kier alpha value is -3.13. The van der Waals surface area contributed by atoms with Crippen LogP contribution in [0.4, 0.5) is 0 Å². The number of esters is 1. The fourth-order valence-electron chi connectivity index (χ4n) is 2.12. The van der Waals surface area contributed by atoms with Crippen LogP contribution in [0.2, 0.25) is 0 Å². The number of halogens is 1. The van der Waals surface area contributed by atoms with Crippen molar-refractivity contribution in [1.82, 2.24) is 0 Å². The number of primary amides is 1. The van der Waals surface area contributed by atoms with Crippen LogP contribution < -0.4 is 15.2 Å². The monoisotopic (exact) mass is 447 g/mol. The van der Waals surface area contributed by atoms with Crippen molar-refractivity contribution in [2.45, 2.75) is 0 Å². The van der Waals surface area contributed by atoms with E-state index in [0.29, 0.717) is 22.6 Å². The smallest absolute Gasteiger partial charge is 0.331 e. The summed E-state index contributed by atoms with van der Waals surface area (Å²) in [5.74, 6) is -0.833. The van der Waals surface area contributed by atoms with Crippen LogP contribution >= 0.6 is 15.9 Å². The van der Waals surface area contributed by atoms with Gasteiger partial charge in [-0.05, 0) is 35.9 Å². The Bertz CT molecular complexity index is 892. The van der Waals surface area contributed by atoms with E-state index in [1.54, 1.807) is 42.5 Å². The molecule has 0 spiro atoms. The summed E-state index contributed by atoms with van der Waals surface area (Å²) in [6.45, 7) is -0.627. The van der Waals surface area contributed by atoms with E-state index < -0.39 is 11.9 Å². The molecule has 0 fully saturated rings. The number of hydrogen-bond donors (Lipinski definition) is 1. The Kier molecular flexibility index (Phi) is 7.76. The summed E-state index contributed by atoms with van der Waals surface area (Å²) in [5, 5.41) is 0. The van der Waals surface area contributed by atoms with E-state index in [1.807, 2.05) is 0 Å². The van der Waals surface area contributed by atoms with Crippen LogP contribution in [0, 0.1) is 0 Å². The minimum Gasteiger partial charge on any atom is -0.493 e. The van der Waals surface area contributed by atoms with Crippen LogP contribution in [0.15, 0.2) is 53.0 Å². The van der Waals surface area contributed by atoms with Gasteiger partial charge < -0.3 is 19.9 Å². The highest BCUT2D eigenvalue weighted by Crippen LogP contribution is 2.28. The maximum absolute atomic E-state index is 12.0. The highest BCUT2D eigenvalue weighted by molar-refractivity contribution is 9.10. The van der Waals surface area contributed by atoms with Gasteiger partial charge in [-0.2, -0.15) is 0 Å². The number of amides is 1. The lowest BCUT2D eigenvalue weighted by molar-refractivity contribution is -0.136. The first-order valence-electron chi connectivity index (χ1n) is 8.12. The number of ketones is 1. The van der Waals surface area contributed by atoms with Gasteiger partial charge in [0.1, 0.15) is 0 Å². The molecule has 0 aliphatic heterocycles. The first-order chi connectivity index (χ1) is 13.4. The van der Waals surface area contributed by atoms with Gasteiger partial charge in [-0.1, -0.05) is 34.1 Å². The fraction of sp³-hybridized carbons (Fsp3) is 0.150. The van der Waals surface area contributed by atoms with E-state index in [-0.39, 0.29) is 19.0 Å². The SMILES string of the molecule is COc1cc(C=CC(=O)OCC(=O)c2ccc(Br)cc2)ccc1OCC(N)=O. The van der Waals surface area contributed by atoms with Crippen LogP contribution in [0.25, 0.3) is 6.08 Å². The quantitative estimate of drug-likeness (QED) is 0.360. The van der Waals surface area contributed by atoms with Gasteiger partial charge >= 0.3 is 5.97 Å². The van der Waals surface area contributed by atoms with Gasteiger partial charge in [0.15, 0.2) is 30.5 Å². The summed E-state index contributed by atoms with van der Waals surface area (Å²) >= 11 is 3.29. The Labute approximate surface area is 170 Å². The maximum Gasteiger partial charge on any atom is 0.331 e. The largest absolute Gasteiger partial charge is 0.493 e. The third kappa shape index (κ3) is 6.55. The number of benzene rings is 2. The van der Waals surface area contributed by atoms with Gasteiger partial charge in [0.05, 0.1) is 7.11 Å². The van der Waals surface area contributed by atoms with Crippen molar-refractivity contribution in [3.8, 4) is 11.5 Å². The van der Waals surface area contributed by atoms with Gasteiger partial charge in [0, 0.05) is 16.1 Å². The van der Waals surface area contributed by atoms with E-state index in [0.717, 1.165) is 4.47 Å². The molecule has 28 heavy (non-hydrogen) atoms. The molecule has 0 radical (unpaired) electrons. The molecule has 0 saturated carbocycles. The van der Waals surface area contributed by atoms with E-state index in [9.17, 15) is 14.4 Å². The summed E-state index contributed by atoms with van der Waals surface area (Å²) in [6.07, 6.45) is 2.71. The van der Waals surface area contributed by atoms with Gasteiger partial charge in [-0.25, -0.2) is 4.79 Å². The number of nitrogens with two attached hydrogens (primary N) is 1. The molecule has 146 valence electrons. The predicted molar refractivity (Wildman–Crippen MR) is 106 cm³/mol. The molecule has 7 nitrogen and oxygen atoms in total. The predicted octanol–water partition coefficient (Wildman–Crippen LogP) is 2.76. The number of methoxy groups -OCH3 is 1. The molecule has 1 amide bonds. The van der Waals surface area contributed by atoms with E-state index >= 15 is 0 Å². The average molecular weight is 448 g/mol.